The average Bonchev–Trinajstić information content (AvgIpc) is 2.83. The van der Waals surface area contributed by atoms with E-state index in [1.165, 1.54) is 26.4 Å². The number of hydrogen-bond acceptors (Lipinski definition) is 2. The summed E-state index contributed by atoms with van der Waals surface area (Å²) in [5.41, 5.74) is 4.35. The van der Waals surface area contributed by atoms with Crippen molar-refractivity contribution in [3.63, 3.8) is 0 Å². The van der Waals surface area contributed by atoms with E-state index in [0.717, 1.165) is 0 Å². The molecule has 0 aliphatic heterocycles. The number of benzene rings is 1. The molecule has 1 aromatic heterocycles. The van der Waals surface area contributed by atoms with E-state index in [0.29, 0.717) is 0 Å². The quantitative estimate of drug-likeness (QED) is 0.840. The third kappa shape index (κ3) is 2.97. The van der Waals surface area contributed by atoms with Gasteiger partial charge in [-0.05, 0) is 55.1 Å². The summed E-state index contributed by atoms with van der Waals surface area (Å²) in [6, 6.07) is 11.4. The van der Waals surface area contributed by atoms with E-state index < -0.39 is 0 Å². The molecule has 1 atom stereocenters. The lowest BCUT2D eigenvalue weighted by molar-refractivity contribution is 0.604. The van der Waals surface area contributed by atoms with Crippen molar-refractivity contribution in [2.24, 2.45) is 0 Å². The second-order valence-electron chi connectivity index (χ2n) is 6.48. The van der Waals surface area contributed by atoms with Gasteiger partial charge in [-0.1, -0.05) is 39.0 Å². The van der Waals surface area contributed by atoms with Crippen LogP contribution < -0.4 is 5.32 Å². The highest BCUT2D eigenvalue weighted by atomic mass is 32.1. The van der Waals surface area contributed by atoms with E-state index in [9.17, 15) is 0 Å². The molecule has 0 saturated heterocycles. The van der Waals surface area contributed by atoms with Gasteiger partial charge in [0.15, 0.2) is 0 Å². The Morgan fingerprint density at radius 2 is 1.60 bits per heavy atom. The van der Waals surface area contributed by atoms with E-state index in [-0.39, 0.29) is 11.5 Å². The fourth-order valence-electron chi connectivity index (χ4n) is 2.62. The van der Waals surface area contributed by atoms with Crippen LogP contribution in [0.25, 0.3) is 0 Å². The van der Waals surface area contributed by atoms with Gasteiger partial charge in [-0.2, -0.15) is 0 Å². The van der Waals surface area contributed by atoms with Crippen LogP contribution in [-0.2, 0) is 5.41 Å². The third-order valence-corrected chi connectivity index (χ3v) is 5.35. The molecule has 0 fully saturated rings. The molecule has 1 nitrogen and oxygen atoms in total. The molecule has 0 saturated carbocycles. The minimum atomic E-state index is 0.224. The molecule has 0 aliphatic carbocycles. The maximum atomic E-state index is 3.49. The fourth-order valence-corrected chi connectivity index (χ4v) is 3.81. The molecule has 0 bridgehead atoms. The van der Waals surface area contributed by atoms with Crippen molar-refractivity contribution < 1.29 is 0 Å². The largest absolute Gasteiger partial charge is 0.309 e. The predicted molar refractivity (Wildman–Crippen MR) is 89.8 cm³/mol. The molecule has 108 valence electrons. The zero-order valence-corrected chi connectivity index (χ0v) is 14.2. The Hall–Kier alpha value is -1.12. The SMILES string of the molecule is CNC(c1ccc(C(C)(C)C)s1)c1c(C)cccc1C. The van der Waals surface area contributed by atoms with Gasteiger partial charge in [0, 0.05) is 9.75 Å². The smallest absolute Gasteiger partial charge is 0.0673 e. The van der Waals surface area contributed by atoms with Crippen LogP contribution in [0.1, 0.15) is 53.3 Å². The Kier molecular flexibility index (Phi) is 4.36. The Morgan fingerprint density at radius 1 is 1.00 bits per heavy atom. The molecular formula is C18H25NS. The molecule has 0 radical (unpaired) electrons. The molecule has 20 heavy (non-hydrogen) atoms. The number of thiophene rings is 1. The highest BCUT2D eigenvalue weighted by Crippen LogP contribution is 2.36. The highest BCUT2D eigenvalue weighted by molar-refractivity contribution is 7.12. The van der Waals surface area contributed by atoms with E-state index in [2.05, 4.69) is 70.3 Å². The van der Waals surface area contributed by atoms with Crippen molar-refractivity contribution in [2.45, 2.75) is 46.1 Å². The zero-order chi connectivity index (χ0) is 14.9. The Bertz CT molecular complexity index is 569. The van der Waals surface area contributed by atoms with E-state index in [4.69, 9.17) is 0 Å². The molecule has 0 spiro atoms. The first-order valence-corrected chi connectivity index (χ1v) is 8.00. The number of aryl methyl sites for hydroxylation is 2. The van der Waals surface area contributed by atoms with Gasteiger partial charge < -0.3 is 5.32 Å². The van der Waals surface area contributed by atoms with Crippen LogP contribution in [0.5, 0.6) is 0 Å². The summed E-state index contributed by atoms with van der Waals surface area (Å²) in [7, 11) is 2.05. The molecule has 1 heterocycles. The van der Waals surface area contributed by atoms with Crippen LogP contribution in [-0.4, -0.2) is 7.05 Å². The topological polar surface area (TPSA) is 12.0 Å². The van der Waals surface area contributed by atoms with Crippen LogP contribution in [0.15, 0.2) is 30.3 Å². The van der Waals surface area contributed by atoms with Crippen LogP contribution in [0, 0.1) is 13.8 Å². The summed E-state index contributed by atoms with van der Waals surface area (Å²) in [5.74, 6) is 0. The zero-order valence-electron chi connectivity index (χ0n) is 13.4. The molecule has 0 amide bonds. The van der Waals surface area contributed by atoms with Gasteiger partial charge >= 0.3 is 0 Å². The van der Waals surface area contributed by atoms with Crippen molar-refractivity contribution in [1.29, 1.82) is 0 Å². The van der Waals surface area contributed by atoms with Gasteiger partial charge in [-0.3, -0.25) is 0 Å². The average molecular weight is 287 g/mol. The van der Waals surface area contributed by atoms with Crippen molar-refractivity contribution in [2.75, 3.05) is 7.05 Å². The van der Waals surface area contributed by atoms with Gasteiger partial charge in [0.05, 0.1) is 6.04 Å². The van der Waals surface area contributed by atoms with Gasteiger partial charge in [0.1, 0.15) is 0 Å². The summed E-state index contributed by atoms with van der Waals surface area (Å²) in [4.78, 5) is 2.84. The van der Waals surface area contributed by atoms with Crippen molar-refractivity contribution in [3.8, 4) is 0 Å². The summed E-state index contributed by atoms with van der Waals surface area (Å²) in [5, 5.41) is 3.49. The van der Waals surface area contributed by atoms with Gasteiger partial charge in [-0.15, -0.1) is 11.3 Å². The molecule has 2 heteroatoms. The molecule has 1 N–H and O–H groups in total. The normalized spacial score (nSPS) is 13.5. The minimum Gasteiger partial charge on any atom is -0.309 e. The molecule has 2 aromatic rings. The van der Waals surface area contributed by atoms with Crippen LogP contribution in [0.3, 0.4) is 0 Å². The first kappa shape index (κ1) is 15.3. The molecule has 1 unspecified atom stereocenters. The monoisotopic (exact) mass is 287 g/mol. The van der Waals surface area contributed by atoms with Gasteiger partial charge in [-0.25, -0.2) is 0 Å². The molecule has 0 aliphatic rings. The van der Waals surface area contributed by atoms with Crippen molar-refractivity contribution in [1.82, 2.24) is 5.32 Å². The molecular weight excluding hydrogens is 262 g/mol. The van der Waals surface area contributed by atoms with E-state index in [1.807, 2.05) is 18.4 Å². The maximum absolute atomic E-state index is 3.49. The second kappa shape index (κ2) is 5.71. The van der Waals surface area contributed by atoms with E-state index >= 15 is 0 Å². The highest BCUT2D eigenvalue weighted by Gasteiger charge is 2.21. The predicted octanol–water partition coefficient (Wildman–Crippen LogP) is 4.97. The van der Waals surface area contributed by atoms with Crippen LogP contribution in [0.4, 0.5) is 0 Å². The number of hydrogen-bond donors (Lipinski definition) is 1. The van der Waals surface area contributed by atoms with Gasteiger partial charge in [0.25, 0.3) is 0 Å². The minimum absolute atomic E-state index is 0.224. The first-order chi connectivity index (χ1) is 9.34. The van der Waals surface area contributed by atoms with Crippen LogP contribution in [0.2, 0.25) is 0 Å². The number of rotatable bonds is 3. The van der Waals surface area contributed by atoms with Crippen LogP contribution >= 0.6 is 11.3 Å². The standard InChI is InChI=1S/C18H25NS/c1-12-8-7-9-13(2)16(12)17(19-6)14-10-11-15(20-14)18(3,4)5/h7-11,17,19H,1-6H3. The molecule has 2 rings (SSSR count). The lowest BCUT2D eigenvalue weighted by Gasteiger charge is -2.21. The lowest BCUT2D eigenvalue weighted by atomic mass is 9.94. The van der Waals surface area contributed by atoms with Crippen molar-refractivity contribution >= 4 is 11.3 Å². The fraction of sp³-hybridized carbons (Fsp3) is 0.444. The lowest BCUT2D eigenvalue weighted by Crippen LogP contribution is -2.18. The third-order valence-electron chi connectivity index (χ3n) is 3.77. The number of nitrogens with one attached hydrogen (secondary N) is 1. The molecule has 1 aromatic carbocycles. The summed E-state index contributed by atoms with van der Waals surface area (Å²) < 4.78 is 0. The maximum Gasteiger partial charge on any atom is 0.0673 e. The summed E-state index contributed by atoms with van der Waals surface area (Å²) in [6.45, 7) is 11.2. The van der Waals surface area contributed by atoms with Gasteiger partial charge in [0.2, 0.25) is 0 Å². The first-order valence-electron chi connectivity index (χ1n) is 7.18. The Morgan fingerprint density at radius 3 is 2.05 bits per heavy atom. The van der Waals surface area contributed by atoms with Crippen molar-refractivity contribution in [3.05, 3.63) is 56.8 Å². The summed E-state index contributed by atoms with van der Waals surface area (Å²) >= 11 is 1.92. The summed E-state index contributed by atoms with van der Waals surface area (Å²) in [6.07, 6.45) is 0. The Labute approximate surface area is 127 Å². The second-order valence-corrected chi connectivity index (χ2v) is 7.59. The van der Waals surface area contributed by atoms with E-state index in [1.54, 1.807) is 0 Å². The Balaban J connectivity index is 2.45.